The number of amides is 1. The van der Waals surface area contributed by atoms with E-state index >= 15 is 0 Å². The summed E-state index contributed by atoms with van der Waals surface area (Å²) in [6, 6.07) is 32.7. The average molecular weight is 527 g/mol. The van der Waals surface area contributed by atoms with E-state index in [4.69, 9.17) is 15.2 Å². The Morgan fingerprint density at radius 3 is 2.12 bits per heavy atom. The molecule has 196 valence electrons. The number of nitrogens with zero attached hydrogens (tertiary/aromatic N) is 1. The molecule has 6 nitrogen and oxygen atoms in total. The van der Waals surface area contributed by atoms with E-state index in [1.807, 2.05) is 60.7 Å². The molecule has 1 atom stereocenters. The van der Waals surface area contributed by atoms with Crippen LogP contribution in [0, 0.1) is 0 Å². The van der Waals surface area contributed by atoms with Gasteiger partial charge >= 0.3 is 0 Å². The van der Waals surface area contributed by atoms with Crippen molar-refractivity contribution in [2.45, 2.75) is 12.5 Å². The number of aromatic nitrogens is 1. The van der Waals surface area contributed by atoms with E-state index in [9.17, 15) is 9.59 Å². The summed E-state index contributed by atoms with van der Waals surface area (Å²) in [6.07, 6.45) is 3.23. The van der Waals surface area contributed by atoms with Gasteiger partial charge in [0.25, 0.3) is 0 Å². The third kappa shape index (κ3) is 4.95. The highest BCUT2D eigenvalue weighted by Gasteiger charge is 2.27. The number of fused-ring (bicyclic) bond motifs is 1. The minimum atomic E-state index is -0.524. The zero-order valence-electron chi connectivity index (χ0n) is 21.6. The molecule has 6 rings (SSSR count). The van der Waals surface area contributed by atoms with Gasteiger partial charge in [0.15, 0.2) is 5.78 Å². The number of benzene rings is 4. The highest BCUT2D eigenvalue weighted by molar-refractivity contribution is 6.03. The first-order chi connectivity index (χ1) is 19.6. The number of primary amides is 1. The summed E-state index contributed by atoms with van der Waals surface area (Å²) in [4.78, 5) is 28.6. The summed E-state index contributed by atoms with van der Waals surface area (Å²) < 4.78 is 12.9. The molecule has 40 heavy (non-hydrogen) atoms. The van der Waals surface area contributed by atoms with E-state index in [0.29, 0.717) is 35.7 Å². The molecule has 6 heteroatoms. The maximum atomic E-state index is 12.8. The lowest BCUT2D eigenvalue weighted by Gasteiger charge is -2.26. The predicted molar refractivity (Wildman–Crippen MR) is 153 cm³/mol. The topological polar surface area (TPSA) is 91.5 Å². The van der Waals surface area contributed by atoms with Crippen LogP contribution in [0.25, 0.3) is 22.3 Å². The molecule has 0 fully saturated rings. The van der Waals surface area contributed by atoms with Gasteiger partial charge < -0.3 is 15.2 Å². The van der Waals surface area contributed by atoms with Crippen molar-refractivity contribution < 1.29 is 19.1 Å². The minimum Gasteiger partial charge on any atom is -0.492 e. The first kappa shape index (κ1) is 25.1. The lowest BCUT2D eigenvalue weighted by molar-refractivity contribution is 0.0932. The molecule has 1 amide bonds. The SMILES string of the molecule is NC(=O)c1ccc(C(Oc2ccc3c(c2-c2ccc(-c4ccccc4)cc2)OCCC3=O)c2ccncc2)cc1. The number of hydrogen-bond acceptors (Lipinski definition) is 5. The van der Waals surface area contributed by atoms with Crippen LogP contribution in [-0.2, 0) is 0 Å². The number of carbonyl (C=O) groups is 2. The minimum absolute atomic E-state index is 0.0441. The maximum absolute atomic E-state index is 12.8. The lowest BCUT2D eigenvalue weighted by Crippen LogP contribution is -2.17. The second-order valence-electron chi connectivity index (χ2n) is 9.55. The standard InChI is InChI=1S/C34H26N2O4/c35-34(38)27-12-10-25(11-13-27)32(26-16-19-36-20-17-26)40-30-15-14-28-29(37)18-21-39-33(28)31(30)24-8-6-23(7-9-24)22-4-2-1-3-5-22/h1-17,19-20,32H,18,21H2,(H2,35,38). The molecule has 0 spiro atoms. The smallest absolute Gasteiger partial charge is 0.248 e. The van der Waals surface area contributed by atoms with Gasteiger partial charge in [-0.3, -0.25) is 14.6 Å². The molecule has 0 radical (unpaired) electrons. The number of nitrogens with two attached hydrogens (primary N) is 1. The molecule has 0 bridgehead atoms. The van der Waals surface area contributed by atoms with Crippen LogP contribution in [0.2, 0.25) is 0 Å². The maximum Gasteiger partial charge on any atom is 0.248 e. The van der Waals surface area contributed by atoms with Crippen LogP contribution in [0.4, 0.5) is 0 Å². The molecular weight excluding hydrogens is 500 g/mol. The van der Waals surface area contributed by atoms with Crippen LogP contribution in [0.15, 0.2) is 116 Å². The van der Waals surface area contributed by atoms with Crippen molar-refractivity contribution in [3.8, 4) is 33.8 Å². The van der Waals surface area contributed by atoms with Crippen LogP contribution < -0.4 is 15.2 Å². The number of pyridine rings is 1. The normalized spacial score (nSPS) is 13.2. The van der Waals surface area contributed by atoms with Gasteiger partial charge in [0.2, 0.25) is 5.91 Å². The second-order valence-corrected chi connectivity index (χ2v) is 9.55. The van der Waals surface area contributed by atoms with Crippen molar-refractivity contribution in [3.63, 3.8) is 0 Å². The summed E-state index contributed by atoms with van der Waals surface area (Å²) in [7, 11) is 0. The highest BCUT2D eigenvalue weighted by atomic mass is 16.5. The molecule has 0 aliphatic carbocycles. The molecule has 4 aromatic carbocycles. The molecule has 0 saturated heterocycles. The van der Waals surface area contributed by atoms with Crippen molar-refractivity contribution in [1.29, 1.82) is 0 Å². The van der Waals surface area contributed by atoms with E-state index in [1.165, 1.54) is 0 Å². The lowest BCUT2D eigenvalue weighted by atomic mass is 9.94. The second kappa shape index (κ2) is 10.9. The van der Waals surface area contributed by atoms with E-state index in [-0.39, 0.29) is 5.78 Å². The quantitative estimate of drug-likeness (QED) is 0.256. The summed E-state index contributed by atoms with van der Waals surface area (Å²) in [5.41, 5.74) is 11.9. The molecule has 2 N–H and O–H groups in total. The van der Waals surface area contributed by atoms with Crippen LogP contribution >= 0.6 is 0 Å². The number of rotatable bonds is 7. The average Bonchev–Trinajstić information content (AvgIpc) is 3.01. The molecule has 5 aromatic rings. The monoisotopic (exact) mass is 526 g/mol. The summed E-state index contributed by atoms with van der Waals surface area (Å²) in [5, 5.41) is 0. The molecule has 1 aliphatic rings. The summed E-state index contributed by atoms with van der Waals surface area (Å²) >= 11 is 0. The fourth-order valence-electron chi connectivity index (χ4n) is 4.96. The summed E-state index contributed by atoms with van der Waals surface area (Å²) in [6.45, 7) is 0.312. The van der Waals surface area contributed by atoms with Gasteiger partial charge in [0, 0.05) is 24.4 Å². The van der Waals surface area contributed by atoms with Crippen molar-refractivity contribution >= 4 is 11.7 Å². The fraction of sp³-hybridized carbons (Fsp3) is 0.0882. The predicted octanol–water partition coefficient (Wildman–Crippen LogP) is 6.65. The molecular formula is C34H26N2O4. The molecule has 1 unspecified atom stereocenters. The van der Waals surface area contributed by atoms with Gasteiger partial charge in [-0.05, 0) is 64.2 Å². The number of Topliss-reactive ketones (excluding diaryl/α,β-unsaturated/α-hetero) is 1. The third-order valence-corrected chi connectivity index (χ3v) is 7.03. The van der Waals surface area contributed by atoms with Gasteiger partial charge in [-0.1, -0.05) is 66.7 Å². The zero-order chi connectivity index (χ0) is 27.5. The first-order valence-electron chi connectivity index (χ1n) is 13.0. The molecule has 0 saturated carbocycles. The Morgan fingerprint density at radius 1 is 0.775 bits per heavy atom. The Kier molecular flexibility index (Phi) is 6.81. The van der Waals surface area contributed by atoms with Crippen LogP contribution in [0.3, 0.4) is 0 Å². The number of hydrogen-bond donors (Lipinski definition) is 1. The Hall–Kier alpha value is -5.23. The number of ether oxygens (including phenoxy) is 2. The van der Waals surface area contributed by atoms with Gasteiger partial charge in [0.05, 0.1) is 17.7 Å². The van der Waals surface area contributed by atoms with E-state index in [2.05, 4.69) is 29.2 Å². The largest absolute Gasteiger partial charge is 0.492 e. The van der Waals surface area contributed by atoms with Crippen LogP contribution in [-0.4, -0.2) is 23.3 Å². The van der Waals surface area contributed by atoms with Crippen molar-refractivity contribution in [2.24, 2.45) is 5.73 Å². The third-order valence-electron chi connectivity index (χ3n) is 7.03. The van der Waals surface area contributed by atoms with E-state index < -0.39 is 12.0 Å². The highest BCUT2D eigenvalue weighted by Crippen LogP contribution is 2.45. The number of carbonyl (C=O) groups excluding carboxylic acids is 2. The molecule has 1 aromatic heterocycles. The van der Waals surface area contributed by atoms with Crippen molar-refractivity contribution in [3.05, 3.63) is 138 Å². The Labute approximate surface area is 232 Å². The van der Waals surface area contributed by atoms with E-state index in [0.717, 1.165) is 33.4 Å². The molecule has 1 aliphatic heterocycles. The zero-order valence-corrected chi connectivity index (χ0v) is 21.6. The summed E-state index contributed by atoms with van der Waals surface area (Å²) in [5.74, 6) is 0.647. The number of ketones is 1. The Balaban J connectivity index is 1.46. The van der Waals surface area contributed by atoms with Crippen molar-refractivity contribution in [2.75, 3.05) is 6.61 Å². The Bertz CT molecular complexity index is 1670. The Morgan fingerprint density at radius 2 is 1.43 bits per heavy atom. The molecule has 2 heterocycles. The van der Waals surface area contributed by atoms with Gasteiger partial charge in [-0.2, -0.15) is 0 Å². The van der Waals surface area contributed by atoms with E-state index in [1.54, 1.807) is 30.6 Å². The van der Waals surface area contributed by atoms with Crippen LogP contribution in [0.5, 0.6) is 11.5 Å². The van der Waals surface area contributed by atoms with Crippen molar-refractivity contribution in [1.82, 2.24) is 4.98 Å². The van der Waals surface area contributed by atoms with Gasteiger partial charge in [-0.15, -0.1) is 0 Å². The van der Waals surface area contributed by atoms with Gasteiger partial charge in [0.1, 0.15) is 17.6 Å². The first-order valence-corrected chi connectivity index (χ1v) is 13.0. The van der Waals surface area contributed by atoms with Crippen LogP contribution in [0.1, 0.15) is 44.4 Å². The fourth-order valence-corrected chi connectivity index (χ4v) is 4.96. The van der Waals surface area contributed by atoms with Gasteiger partial charge in [-0.25, -0.2) is 0 Å².